The lowest BCUT2D eigenvalue weighted by atomic mass is 10.1. The standard InChI is InChI=1S/C22H25N5O2/c1-29-9-3-8-24-22(28)20-10-18(15-27(20)14-16-5-6-16)19-12-25-21(26-13-19)17-4-2-7-23-11-17/h2,4,7,10-13,15-16H,3,5-6,8-9,14H2,1H3,(H,24,28). The smallest absolute Gasteiger partial charge is 0.267 e. The van der Waals surface area contributed by atoms with Crippen LogP contribution < -0.4 is 5.32 Å². The maximum Gasteiger partial charge on any atom is 0.267 e. The number of hydrogen-bond donors (Lipinski definition) is 1. The molecule has 3 aromatic heterocycles. The van der Waals surface area contributed by atoms with Crippen LogP contribution >= 0.6 is 0 Å². The fourth-order valence-electron chi connectivity index (χ4n) is 3.22. The Morgan fingerprint density at radius 1 is 1.21 bits per heavy atom. The van der Waals surface area contributed by atoms with Crippen LogP contribution in [0.15, 0.2) is 49.2 Å². The first-order valence-electron chi connectivity index (χ1n) is 9.94. The highest BCUT2D eigenvalue weighted by molar-refractivity contribution is 5.94. The summed E-state index contributed by atoms with van der Waals surface area (Å²) < 4.78 is 7.11. The van der Waals surface area contributed by atoms with Crippen molar-refractivity contribution in [2.24, 2.45) is 5.92 Å². The lowest BCUT2D eigenvalue weighted by Gasteiger charge is -2.09. The van der Waals surface area contributed by atoms with Crippen LogP contribution in [0.2, 0.25) is 0 Å². The molecule has 3 heterocycles. The highest BCUT2D eigenvalue weighted by Gasteiger charge is 2.24. The molecule has 150 valence electrons. The molecule has 0 bridgehead atoms. The van der Waals surface area contributed by atoms with E-state index < -0.39 is 0 Å². The molecule has 1 saturated carbocycles. The van der Waals surface area contributed by atoms with Gasteiger partial charge in [-0.05, 0) is 43.4 Å². The number of pyridine rings is 1. The number of ether oxygens (including phenoxy) is 1. The minimum Gasteiger partial charge on any atom is -0.385 e. The number of aromatic nitrogens is 4. The Balaban J connectivity index is 1.54. The number of carbonyl (C=O) groups excluding carboxylic acids is 1. The molecule has 29 heavy (non-hydrogen) atoms. The van der Waals surface area contributed by atoms with Gasteiger partial charge < -0.3 is 14.6 Å². The molecule has 0 saturated heterocycles. The van der Waals surface area contributed by atoms with E-state index in [2.05, 4.69) is 24.8 Å². The van der Waals surface area contributed by atoms with Crippen molar-refractivity contribution in [1.82, 2.24) is 24.8 Å². The molecule has 0 atom stereocenters. The summed E-state index contributed by atoms with van der Waals surface area (Å²) in [5.41, 5.74) is 3.40. The van der Waals surface area contributed by atoms with Crippen LogP contribution in [-0.2, 0) is 11.3 Å². The SMILES string of the molecule is COCCCNC(=O)c1cc(-c2cnc(-c3cccnc3)nc2)cn1CC1CC1. The molecule has 0 aliphatic heterocycles. The van der Waals surface area contributed by atoms with Crippen LogP contribution in [0.4, 0.5) is 0 Å². The summed E-state index contributed by atoms with van der Waals surface area (Å²) in [6.07, 6.45) is 12.3. The van der Waals surface area contributed by atoms with Crippen LogP contribution in [0.25, 0.3) is 22.5 Å². The number of hydrogen-bond acceptors (Lipinski definition) is 5. The van der Waals surface area contributed by atoms with E-state index in [1.807, 2.05) is 24.4 Å². The fraction of sp³-hybridized carbons (Fsp3) is 0.364. The van der Waals surface area contributed by atoms with Gasteiger partial charge in [-0.1, -0.05) is 0 Å². The van der Waals surface area contributed by atoms with Crippen molar-refractivity contribution in [1.29, 1.82) is 0 Å². The van der Waals surface area contributed by atoms with E-state index in [1.54, 1.807) is 31.9 Å². The average molecular weight is 391 g/mol. The molecule has 1 fully saturated rings. The summed E-state index contributed by atoms with van der Waals surface area (Å²) in [5.74, 6) is 1.25. The van der Waals surface area contributed by atoms with Gasteiger partial charge in [-0.2, -0.15) is 0 Å². The molecule has 0 unspecified atom stereocenters. The first kappa shape index (κ1) is 19.3. The molecule has 7 heteroatoms. The van der Waals surface area contributed by atoms with Crippen molar-refractivity contribution in [3.8, 4) is 22.5 Å². The molecule has 0 aromatic carbocycles. The molecule has 0 radical (unpaired) electrons. The molecule has 1 aliphatic carbocycles. The van der Waals surface area contributed by atoms with E-state index in [1.165, 1.54) is 12.8 Å². The second-order valence-corrected chi connectivity index (χ2v) is 7.35. The first-order chi connectivity index (χ1) is 14.2. The molecule has 3 aromatic rings. The number of methoxy groups -OCH3 is 1. The highest BCUT2D eigenvalue weighted by atomic mass is 16.5. The topological polar surface area (TPSA) is 81.9 Å². The molecule has 0 spiro atoms. The second-order valence-electron chi connectivity index (χ2n) is 7.35. The van der Waals surface area contributed by atoms with E-state index in [-0.39, 0.29) is 5.91 Å². The maximum atomic E-state index is 12.7. The van der Waals surface area contributed by atoms with Gasteiger partial charge in [0.25, 0.3) is 5.91 Å². The summed E-state index contributed by atoms with van der Waals surface area (Å²) in [5, 5.41) is 2.99. The molecule has 1 amide bonds. The predicted molar refractivity (Wildman–Crippen MR) is 110 cm³/mol. The number of nitrogens with zero attached hydrogens (tertiary/aromatic N) is 4. The van der Waals surface area contributed by atoms with Crippen LogP contribution in [0.5, 0.6) is 0 Å². The van der Waals surface area contributed by atoms with E-state index in [0.717, 1.165) is 29.7 Å². The molecule has 1 N–H and O–H groups in total. The van der Waals surface area contributed by atoms with Crippen molar-refractivity contribution >= 4 is 5.91 Å². The van der Waals surface area contributed by atoms with Gasteiger partial charge in [0.2, 0.25) is 0 Å². The molecule has 4 rings (SSSR count). The zero-order valence-corrected chi connectivity index (χ0v) is 16.5. The third-order valence-electron chi connectivity index (χ3n) is 5.00. The third kappa shape index (κ3) is 4.86. The van der Waals surface area contributed by atoms with E-state index in [9.17, 15) is 4.79 Å². The third-order valence-corrected chi connectivity index (χ3v) is 5.00. The maximum absolute atomic E-state index is 12.7. The summed E-state index contributed by atoms with van der Waals surface area (Å²) in [6.45, 7) is 2.10. The number of amides is 1. The van der Waals surface area contributed by atoms with E-state index >= 15 is 0 Å². The number of nitrogens with one attached hydrogen (secondary N) is 1. The quantitative estimate of drug-likeness (QED) is 0.567. The van der Waals surface area contributed by atoms with E-state index in [4.69, 9.17) is 4.74 Å². The zero-order chi connectivity index (χ0) is 20.1. The Kier molecular flexibility index (Phi) is 5.95. The van der Waals surface area contributed by atoms with Crippen molar-refractivity contribution in [2.75, 3.05) is 20.3 Å². The van der Waals surface area contributed by atoms with Gasteiger partial charge in [-0.3, -0.25) is 9.78 Å². The fourth-order valence-corrected chi connectivity index (χ4v) is 3.22. The zero-order valence-electron chi connectivity index (χ0n) is 16.5. The predicted octanol–water partition coefficient (Wildman–Crippen LogP) is 3.18. The van der Waals surface area contributed by atoms with Crippen LogP contribution in [0.1, 0.15) is 29.8 Å². The minimum absolute atomic E-state index is 0.0547. The largest absolute Gasteiger partial charge is 0.385 e. The van der Waals surface area contributed by atoms with Gasteiger partial charge in [0, 0.05) is 74.5 Å². The van der Waals surface area contributed by atoms with Crippen LogP contribution in [0, 0.1) is 5.92 Å². The van der Waals surface area contributed by atoms with Crippen molar-refractivity contribution < 1.29 is 9.53 Å². The molecular formula is C22H25N5O2. The molecule has 7 nitrogen and oxygen atoms in total. The highest BCUT2D eigenvalue weighted by Crippen LogP contribution is 2.32. The lowest BCUT2D eigenvalue weighted by molar-refractivity contribution is 0.0939. The first-order valence-corrected chi connectivity index (χ1v) is 9.94. The van der Waals surface area contributed by atoms with E-state index in [0.29, 0.717) is 30.6 Å². The summed E-state index contributed by atoms with van der Waals surface area (Å²) in [7, 11) is 1.66. The van der Waals surface area contributed by atoms with Gasteiger partial charge in [-0.15, -0.1) is 0 Å². The van der Waals surface area contributed by atoms with Crippen molar-refractivity contribution in [3.63, 3.8) is 0 Å². The summed E-state index contributed by atoms with van der Waals surface area (Å²) in [4.78, 5) is 25.8. The Morgan fingerprint density at radius 2 is 2.03 bits per heavy atom. The molecule has 1 aliphatic rings. The van der Waals surface area contributed by atoms with Crippen molar-refractivity contribution in [3.05, 3.63) is 54.9 Å². The Morgan fingerprint density at radius 3 is 2.72 bits per heavy atom. The summed E-state index contributed by atoms with van der Waals surface area (Å²) in [6, 6.07) is 5.72. The van der Waals surface area contributed by atoms with Gasteiger partial charge in [-0.25, -0.2) is 9.97 Å². The Labute approximate surface area is 170 Å². The van der Waals surface area contributed by atoms with Gasteiger partial charge in [0.15, 0.2) is 5.82 Å². The minimum atomic E-state index is -0.0547. The lowest BCUT2D eigenvalue weighted by Crippen LogP contribution is -2.27. The van der Waals surface area contributed by atoms with Gasteiger partial charge >= 0.3 is 0 Å². The monoisotopic (exact) mass is 391 g/mol. The average Bonchev–Trinajstić information content (AvgIpc) is 3.48. The summed E-state index contributed by atoms with van der Waals surface area (Å²) >= 11 is 0. The van der Waals surface area contributed by atoms with Gasteiger partial charge in [0.05, 0.1) is 0 Å². The number of carbonyl (C=O) groups is 1. The Hall–Kier alpha value is -3.06. The van der Waals surface area contributed by atoms with Gasteiger partial charge in [0.1, 0.15) is 5.69 Å². The number of rotatable bonds is 9. The Bertz CT molecular complexity index is 949. The van der Waals surface area contributed by atoms with Crippen molar-refractivity contribution in [2.45, 2.75) is 25.8 Å². The second kappa shape index (κ2) is 8.96. The van der Waals surface area contributed by atoms with Crippen LogP contribution in [-0.4, -0.2) is 45.7 Å². The normalized spacial score (nSPS) is 13.4. The molecular weight excluding hydrogens is 366 g/mol. The van der Waals surface area contributed by atoms with Crippen LogP contribution in [0.3, 0.4) is 0 Å².